The van der Waals surface area contributed by atoms with E-state index in [1.165, 1.54) is 0 Å². The summed E-state index contributed by atoms with van der Waals surface area (Å²) in [6.07, 6.45) is 0.397. The molecule has 0 radical (unpaired) electrons. The molecule has 0 bridgehead atoms. The minimum atomic E-state index is 0.397. The Morgan fingerprint density at radius 1 is 1.54 bits per heavy atom. The molecule has 0 aliphatic heterocycles. The molecule has 0 saturated carbocycles. The smallest absolute Gasteiger partial charge is 0.265 e. The van der Waals surface area contributed by atoms with Crippen LogP contribution in [0.2, 0.25) is 0 Å². The van der Waals surface area contributed by atoms with Crippen molar-refractivity contribution in [2.24, 2.45) is 0 Å². The maximum atomic E-state index is 8.49. The summed E-state index contributed by atoms with van der Waals surface area (Å²) in [5.74, 6) is 0. The summed E-state index contributed by atoms with van der Waals surface area (Å²) in [4.78, 5) is 4.55. The van der Waals surface area contributed by atoms with Gasteiger partial charge in [-0.05, 0) is 17.7 Å². The molecule has 1 aromatic carbocycles. The Balaban J connectivity index is 2.56. The zero-order valence-electron chi connectivity index (χ0n) is 6.62. The van der Waals surface area contributed by atoms with E-state index in [1.807, 2.05) is 18.2 Å². The van der Waals surface area contributed by atoms with Crippen LogP contribution >= 0.6 is 15.9 Å². The van der Waals surface area contributed by atoms with Gasteiger partial charge in [0.2, 0.25) is 0 Å². The minimum absolute atomic E-state index is 0.397. The van der Waals surface area contributed by atoms with Gasteiger partial charge < -0.3 is 4.42 Å². The van der Waals surface area contributed by atoms with Crippen LogP contribution in [-0.4, -0.2) is 4.98 Å². The molecule has 3 nitrogen and oxygen atoms in total. The van der Waals surface area contributed by atoms with Gasteiger partial charge in [0.05, 0.1) is 12.5 Å². The van der Waals surface area contributed by atoms with E-state index in [1.54, 1.807) is 0 Å². The van der Waals surface area contributed by atoms with E-state index in [2.05, 4.69) is 27.0 Å². The molecule has 1 aromatic heterocycles. The van der Waals surface area contributed by atoms with Crippen LogP contribution in [0.5, 0.6) is 0 Å². The molecule has 0 aliphatic carbocycles. The van der Waals surface area contributed by atoms with Crippen LogP contribution in [0.4, 0.5) is 0 Å². The summed E-state index contributed by atoms with van der Waals surface area (Å²) in [6, 6.07) is 7.63. The maximum absolute atomic E-state index is 8.49. The molecule has 0 saturated heterocycles. The lowest BCUT2D eigenvalue weighted by molar-refractivity contribution is 0.570. The number of benzene rings is 1. The SMILES string of the molecule is N#CCc1ccc2nc(Br)oc2c1. The van der Waals surface area contributed by atoms with Gasteiger partial charge in [-0.2, -0.15) is 5.26 Å². The van der Waals surface area contributed by atoms with Crippen molar-refractivity contribution >= 4 is 27.0 Å². The summed E-state index contributed by atoms with van der Waals surface area (Å²) >= 11 is 3.15. The Morgan fingerprint density at radius 2 is 2.38 bits per heavy atom. The fraction of sp³-hybridized carbons (Fsp3) is 0.111. The van der Waals surface area contributed by atoms with E-state index < -0.39 is 0 Å². The van der Waals surface area contributed by atoms with Gasteiger partial charge >= 0.3 is 0 Å². The van der Waals surface area contributed by atoms with Crippen molar-refractivity contribution in [3.8, 4) is 6.07 Å². The second-order valence-electron chi connectivity index (χ2n) is 2.60. The third-order valence-electron chi connectivity index (χ3n) is 1.71. The van der Waals surface area contributed by atoms with Crippen LogP contribution in [0.3, 0.4) is 0 Å². The number of hydrogen-bond acceptors (Lipinski definition) is 3. The molecule has 2 rings (SSSR count). The van der Waals surface area contributed by atoms with Crippen LogP contribution in [0, 0.1) is 11.3 Å². The number of fused-ring (bicyclic) bond motifs is 1. The zero-order chi connectivity index (χ0) is 9.26. The van der Waals surface area contributed by atoms with Crippen molar-refractivity contribution in [3.05, 3.63) is 28.6 Å². The zero-order valence-corrected chi connectivity index (χ0v) is 8.21. The molecule has 0 N–H and O–H groups in total. The van der Waals surface area contributed by atoms with Gasteiger partial charge in [-0.1, -0.05) is 6.07 Å². The Kier molecular flexibility index (Phi) is 2.03. The van der Waals surface area contributed by atoms with Gasteiger partial charge in [-0.3, -0.25) is 0 Å². The maximum Gasteiger partial charge on any atom is 0.265 e. The lowest BCUT2D eigenvalue weighted by Gasteiger charge is -1.91. The first-order valence-corrected chi connectivity index (χ1v) is 4.51. The highest BCUT2D eigenvalue weighted by atomic mass is 79.9. The molecule has 0 spiro atoms. The second-order valence-corrected chi connectivity index (χ2v) is 3.28. The lowest BCUT2D eigenvalue weighted by Crippen LogP contribution is -1.79. The van der Waals surface area contributed by atoms with Crippen LogP contribution < -0.4 is 0 Å². The van der Waals surface area contributed by atoms with Crippen molar-refractivity contribution in [2.75, 3.05) is 0 Å². The first-order chi connectivity index (χ1) is 6.29. The third-order valence-corrected chi connectivity index (χ3v) is 2.05. The van der Waals surface area contributed by atoms with Gasteiger partial charge in [-0.25, -0.2) is 4.98 Å². The molecule has 4 heteroatoms. The van der Waals surface area contributed by atoms with Crippen molar-refractivity contribution in [3.63, 3.8) is 0 Å². The van der Waals surface area contributed by atoms with Gasteiger partial charge in [0, 0.05) is 15.9 Å². The number of nitriles is 1. The Morgan fingerprint density at radius 3 is 3.15 bits per heavy atom. The summed E-state index contributed by atoms with van der Waals surface area (Å²) in [7, 11) is 0. The molecule has 0 amide bonds. The highest BCUT2D eigenvalue weighted by Gasteiger charge is 2.03. The van der Waals surface area contributed by atoms with E-state index in [0.29, 0.717) is 16.8 Å². The van der Waals surface area contributed by atoms with Crippen LogP contribution in [0.15, 0.2) is 27.4 Å². The van der Waals surface area contributed by atoms with E-state index >= 15 is 0 Å². The molecular formula is C9H5BrN2O. The summed E-state index contributed by atoms with van der Waals surface area (Å²) in [6.45, 7) is 0. The molecule has 0 aliphatic rings. The highest BCUT2D eigenvalue weighted by molar-refractivity contribution is 9.10. The Hall–Kier alpha value is -1.34. The third kappa shape index (κ3) is 1.56. The van der Waals surface area contributed by atoms with Crippen LogP contribution in [0.1, 0.15) is 5.56 Å². The molecule has 64 valence electrons. The average Bonchev–Trinajstić information content (AvgIpc) is 2.44. The van der Waals surface area contributed by atoms with Gasteiger partial charge in [0.25, 0.3) is 4.80 Å². The van der Waals surface area contributed by atoms with Crippen molar-refractivity contribution in [2.45, 2.75) is 6.42 Å². The fourth-order valence-electron chi connectivity index (χ4n) is 1.14. The van der Waals surface area contributed by atoms with E-state index in [4.69, 9.17) is 9.68 Å². The molecular weight excluding hydrogens is 232 g/mol. The number of halogens is 1. The first kappa shape index (κ1) is 8.27. The number of hydrogen-bond donors (Lipinski definition) is 0. The molecule has 13 heavy (non-hydrogen) atoms. The predicted octanol–water partition coefficient (Wildman–Crippen LogP) is 2.66. The van der Waals surface area contributed by atoms with Crippen molar-refractivity contribution < 1.29 is 4.42 Å². The number of rotatable bonds is 1. The number of nitrogens with zero attached hydrogens (tertiary/aromatic N) is 2. The highest BCUT2D eigenvalue weighted by Crippen LogP contribution is 2.20. The standard InChI is InChI=1S/C9H5BrN2O/c10-9-12-7-2-1-6(3-4-11)5-8(7)13-9/h1-2,5H,3H2. The Labute approximate surface area is 83.1 Å². The van der Waals surface area contributed by atoms with Crippen molar-refractivity contribution in [1.29, 1.82) is 5.26 Å². The molecule has 0 atom stereocenters. The van der Waals surface area contributed by atoms with E-state index in [-0.39, 0.29) is 0 Å². The summed E-state index contributed by atoms with van der Waals surface area (Å²) in [5.41, 5.74) is 2.45. The molecule has 0 unspecified atom stereocenters. The van der Waals surface area contributed by atoms with Crippen LogP contribution in [0.25, 0.3) is 11.1 Å². The monoisotopic (exact) mass is 236 g/mol. The normalized spacial score (nSPS) is 10.2. The molecule has 1 heterocycles. The quantitative estimate of drug-likeness (QED) is 0.765. The summed E-state index contributed by atoms with van der Waals surface area (Å²) < 4.78 is 5.25. The topological polar surface area (TPSA) is 49.8 Å². The average molecular weight is 237 g/mol. The second kappa shape index (κ2) is 3.19. The summed E-state index contributed by atoms with van der Waals surface area (Å²) in [5, 5.41) is 8.49. The predicted molar refractivity (Wildman–Crippen MR) is 51.0 cm³/mol. The molecule has 2 aromatic rings. The largest absolute Gasteiger partial charge is 0.431 e. The number of aromatic nitrogens is 1. The first-order valence-electron chi connectivity index (χ1n) is 3.71. The van der Waals surface area contributed by atoms with Gasteiger partial charge in [0.1, 0.15) is 5.52 Å². The van der Waals surface area contributed by atoms with E-state index in [0.717, 1.165) is 11.1 Å². The van der Waals surface area contributed by atoms with E-state index in [9.17, 15) is 0 Å². The Bertz CT molecular complexity index is 484. The fourth-order valence-corrected chi connectivity index (χ4v) is 1.51. The van der Waals surface area contributed by atoms with Crippen LogP contribution in [-0.2, 0) is 6.42 Å². The lowest BCUT2D eigenvalue weighted by atomic mass is 10.1. The minimum Gasteiger partial charge on any atom is -0.431 e. The van der Waals surface area contributed by atoms with Gasteiger partial charge in [-0.15, -0.1) is 0 Å². The molecule has 0 fully saturated rings. The van der Waals surface area contributed by atoms with Gasteiger partial charge in [0.15, 0.2) is 5.58 Å². The van der Waals surface area contributed by atoms with Crippen molar-refractivity contribution in [1.82, 2.24) is 4.98 Å². The number of oxazole rings is 1.